The van der Waals surface area contributed by atoms with Crippen LogP contribution < -0.4 is 5.56 Å². The number of aromatic nitrogens is 2. The normalized spacial score (nSPS) is 25.6. The van der Waals surface area contributed by atoms with Gasteiger partial charge in [-0.2, -0.15) is 0 Å². The number of methoxy groups -OCH3 is 1. The van der Waals surface area contributed by atoms with Crippen LogP contribution in [0.3, 0.4) is 0 Å². The van der Waals surface area contributed by atoms with Crippen LogP contribution in [0.15, 0.2) is 11.0 Å². The molecule has 1 aliphatic carbocycles. The minimum Gasteiger partial charge on any atom is -0.462 e. The third-order valence-corrected chi connectivity index (χ3v) is 4.20. The second-order valence-corrected chi connectivity index (χ2v) is 5.58. The van der Waals surface area contributed by atoms with E-state index in [0.29, 0.717) is 11.7 Å². The van der Waals surface area contributed by atoms with E-state index in [4.69, 9.17) is 9.47 Å². The molecule has 1 aromatic heterocycles. The maximum atomic E-state index is 12.1. The molecule has 2 rings (SSSR count). The van der Waals surface area contributed by atoms with Crippen molar-refractivity contribution in [3.63, 3.8) is 0 Å². The summed E-state index contributed by atoms with van der Waals surface area (Å²) in [6, 6.07) is 0. The van der Waals surface area contributed by atoms with Gasteiger partial charge in [0.05, 0.1) is 6.61 Å². The van der Waals surface area contributed by atoms with Gasteiger partial charge in [0, 0.05) is 13.3 Å². The van der Waals surface area contributed by atoms with Gasteiger partial charge in [0.25, 0.3) is 5.56 Å². The smallest absolute Gasteiger partial charge is 0.345 e. The monoisotopic (exact) mass is 294 g/mol. The summed E-state index contributed by atoms with van der Waals surface area (Å²) in [7, 11) is 1.63. The maximum absolute atomic E-state index is 12.1. The molecule has 0 radical (unpaired) electrons. The first-order valence-electron chi connectivity index (χ1n) is 7.34. The third kappa shape index (κ3) is 3.15. The van der Waals surface area contributed by atoms with Gasteiger partial charge in [-0.1, -0.05) is 6.92 Å². The Bertz CT molecular complexity index is 559. The molecule has 116 valence electrons. The van der Waals surface area contributed by atoms with Crippen molar-refractivity contribution in [2.24, 2.45) is 5.92 Å². The number of H-pyrrole nitrogens is 1. The molecule has 1 aromatic rings. The van der Waals surface area contributed by atoms with Gasteiger partial charge < -0.3 is 14.5 Å². The highest BCUT2D eigenvalue weighted by Crippen LogP contribution is 2.40. The van der Waals surface area contributed by atoms with E-state index < -0.39 is 17.1 Å². The van der Waals surface area contributed by atoms with Crippen molar-refractivity contribution in [2.75, 3.05) is 13.7 Å². The molecule has 0 amide bonds. The summed E-state index contributed by atoms with van der Waals surface area (Å²) in [5.74, 6) is 0.496. The van der Waals surface area contributed by atoms with Crippen molar-refractivity contribution in [3.8, 4) is 0 Å². The maximum Gasteiger partial charge on any atom is 0.345 e. The Balaban J connectivity index is 2.30. The SMILES string of the molecule is CCOC(=O)c1cnc(C2(OC)CCC(C)CC2)[nH]c1=O. The van der Waals surface area contributed by atoms with Crippen molar-refractivity contribution < 1.29 is 14.3 Å². The van der Waals surface area contributed by atoms with E-state index in [1.807, 2.05) is 0 Å². The molecule has 0 unspecified atom stereocenters. The molecule has 0 bridgehead atoms. The molecular weight excluding hydrogens is 272 g/mol. The largest absolute Gasteiger partial charge is 0.462 e. The Morgan fingerprint density at radius 3 is 2.67 bits per heavy atom. The zero-order chi connectivity index (χ0) is 15.5. The number of nitrogens with one attached hydrogen (secondary N) is 1. The number of nitrogens with zero attached hydrogens (tertiary/aromatic N) is 1. The summed E-state index contributed by atoms with van der Waals surface area (Å²) < 4.78 is 10.5. The summed E-state index contributed by atoms with van der Waals surface area (Å²) >= 11 is 0. The molecule has 1 saturated carbocycles. The van der Waals surface area contributed by atoms with Crippen molar-refractivity contribution >= 4 is 5.97 Å². The van der Waals surface area contributed by atoms with Gasteiger partial charge in [-0.05, 0) is 38.5 Å². The highest BCUT2D eigenvalue weighted by Gasteiger charge is 2.38. The van der Waals surface area contributed by atoms with Crippen molar-refractivity contribution in [3.05, 3.63) is 27.9 Å². The third-order valence-electron chi connectivity index (χ3n) is 4.20. The first-order valence-corrected chi connectivity index (χ1v) is 7.34. The van der Waals surface area contributed by atoms with Crippen LogP contribution in [0.25, 0.3) is 0 Å². The van der Waals surface area contributed by atoms with E-state index in [2.05, 4.69) is 16.9 Å². The van der Waals surface area contributed by atoms with Gasteiger partial charge in [0.15, 0.2) is 0 Å². The number of hydrogen-bond donors (Lipinski definition) is 1. The fourth-order valence-corrected chi connectivity index (χ4v) is 2.75. The van der Waals surface area contributed by atoms with Crippen LogP contribution in [0.4, 0.5) is 0 Å². The first-order chi connectivity index (χ1) is 10.0. The summed E-state index contributed by atoms with van der Waals surface area (Å²) in [5.41, 5.74) is -1.11. The van der Waals surface area contributed by atoms with Crippen LogP contribution in [-0.4, -0.2) is 29.7 Å². The van der Waals surface area contributed by atoms with Gasteiger partial charge in [0.2, 0.25) is 0 Å². The molecule has 0 spiro atoms. The number of aromatic amines is 1. The van der Waals surface area contributed by atoms with E-state index in [0.717, 1.165) is 25.7 Å². The zero-order valence-corrected chi connectivity index (χ0v) is 12.8. The number of rotatable bonds is 4. The Labute approximate surface area is 123 Å². The molecule has 0 saturated heterocycles. The number of carbonyl (C=O) groups is 1. The average molecular weight is 294 g/mol. The average Bonchev–Trinajstić information content (AvgIpc) is 2.48. The first kappa shape index (κ1) is 15.7. The number of hydrogen-bond acceptors (Lipinski definition) is 5. The second kappa shape index (κ2) is 6.39. The number of esters is 1. The summed E-state index contributed by atoms with van der Waals surface area (Å²) in [5, 5.41) is 0. The van der Waals surface area contributed by atoms with E-state index in [9.17, 15) is 9.59 Å². The minimum atomic E-state index is -0.651. The topological polar surface area (TPSA) is 81.3 Å². The Hall–Kier alpha value is -1.69. The molecule has 0 aromatic carbocycles. The van der Waals surface area contributed by atoms with Gasteiger partial charge in [-0.3, -0.25) is 4.79 Å². The van der Waals surface area contributed by atoms with Crippen molar-refractivity contribution in [1.82, 2.24) is 9.97 Å². The lowest BCUT2D eigenvalue weighted by Crippen LogP contribution is -2.37. The molecule has 6 nitrogen and oxygen atoms in total. The van der Waals surface area contributed by atoms with Crippen LogP contribution >= 0.6 is 0 Å². The van der Waals surface area contributed by atoms with Gasteiger partial charge in [0.1, 0.15) is 17.0 Å². The highest BCUT2D eigenvalue weighted by atomic mass is 16.5. The fraction of sp³-hybridized carbons (Fsp3) is 0.667. The highest BCUT2D eigenvalue weighted by molar-refractivity contribution is 5.88. The molecule has 1 aliphatic rings. The van der Waals surface area contributed by atoms with Gasteiger partial charge in [-0.15, -0.1) is 0 Å². The molecule has 1 heterocycles. The Morgan fingerprint density at radius 2 is 2.14 bits per heavy atom. The van der Waals surface area contributed by atoms with E-state index in [-0.39, 0.29) is 12.2 Å². The van der Waals surface area contributed by atoms with Gasteiger partial charge >= 0.3 is 5.97 Å². The lowest BCUT2D eigenvalue weighted by atomic mass is 9.79. The quantitative estimate of drug-likeness (QED) is 0.859. The minimum absolute atomic E-state index is 0.0731. The van der Waals surface area contributed by atoms with Crippen LogP contribution in [-0.2, 0) is 15.1 Å². The van der Waals surface area contributed by atoms with Crippen LogP contribution in [0.5, 0.6) is 0 Å². The molecule has 6 heteroatoms. The van der Waals surface area contributed by atoms with E-state index in [1.54, 1.807) is 14.0 Å². The fourth-order valence-electron chi connectivity index (χ4n) is 2.75. The Kier molecular flexibility index (Phi) is 4.77. The summed E-state index contributed by atoms with van der Waals surface area (Å²) in [4.78, 5) is 30.7. The number of carbonyl (C=O) groups excluding carboxylic acids is 1. The number of ether oxygens (including phenoxy) is 2. The van der Waals surface area contributed by atoms with Gasteiger partial charge in [-0.25, -0.2) is 9.78 Å². The summed E-state index contributed by atoms with van der Waals surface area (Å²) in [6.07, 6.45) is 4.96. The predicted octanol–water partition coefficient (Wildman–Crippen LogP) is 2.00. The lowest BCUT2D eigenvalue weighted by molar-refractivity contribution is -0.0599. The standard InChI is InChI=1S/C15H22N2O4/c1-4-21-13(19)11-9-16-14(17-12(11)18)15(20-3)7-5-10(2)6-8-15/h9-10H,4-8H2,1-3H3,(H,16,17,18). The van der Waals surface area contributed by atoms with Crippen LogP contribution in [0, 0.1) is 5.92 Å². The molecule has 21 heavy (non-hydrogen) atoms. The van der Waals surface area contributed by atoms with Crippen molar-refractivity contribution in [2.45, 2.75) is 45.1 Å². The lowest BCUT2D eigenvalue weighted by Gasteiger charge is -2.37. The van der Waals surface area contributed by atoms with Crippen molar-refractivity contribution in [1.29, 1.82) is 0 Å². The van der Waals surface area contributed by atoms with E-state index in [1.165, 1.54) is 6.20 Å². The second-order valence-electron chi connectivity index (χ2n) is 5.58. The molecule has 0 aliphatic heterocycles. The summed E-state index contributed by atoms with van der Waals surface area (Å²) in [6.45, 7) is 4.12. The predicted molar refractivity (Wildman–Crippen MR) is 77.1 cm³/mol. The van der Waals surface area contributed by atoms with E-state index >= 15 is 0 Å². The molecule has 1 fully saturated rings. The molecule has 1 N–H and O–H groups in total. The zero-order valence-electron chi connectivity index (χ0n) is 12.8. The van der Waals surface area contributed by atoms with Crippen LogP contribution in [0.1, 0.15) is 55.7 Å². The molecule has 0 atom stereocenters. The Morgan fingerprint density at radius 1 is 1.48 bits per heavy atom. The van der Waals surface area contributed by atoms with Crippen LogP contribution in [0.2, 0.25) is 0 Å². The molecular formula is C15H22N2O4.